The van der Waals surface area contributed by atoms with Crippen molar-refractivity contribution in [1.82, 2.24) is 9.78 Å². The summed E-state index contributed by atoms with van der Waals surface area (Å²) in [7, 11) is 0. The van der Waals surface area contributed by atoms with E-state index in [4.69, 9.17) is 4.74 Å². The Bertz CT molecular complexity index is 1060. The molecule has 0 radical (unpaired) electrons. The van der Waals surface area contributed by atoms with Crippen LogP contribution in [-0.2, 0) is 9.59 Å². The second kappa shape index (κ2) is 7.79. The van der Waals surface area contributed by atoms with E-state index in [1.54, 1.807) is 23.0 Å². The normalized spacial score (nSPS) is 15.0. The number of fused-ring (bicyclic) bond motifs is 1. The fourth-order valence-corrected chi connectivity index (χ4v) is 3.39. The van der Waals surface area contributed by atoms with Crippen LogP contribution in [0.5, 0.6) is 5.75 Å². The van der Waals surface area contributed by atoms with Crippen LogP contribution in [0.4, 0.5) is 11.5 Å². The number of amides is 2. The molecule has 0 spiro atoms. The van der Waals surface area contributed by atoms with E-state index in [9.17, 15) is 9.59 Å². The molecule has 0 aliphatic carbocycles. The van der Waals surface area contributed by atoms with Crippen molar-refractivity contribution >= 4 is 23.3 Å². The average Bonchev–Trinajstić information content (AvgIpc) is 3.24. The van der Waals surface area contributed by atoms with Gasteiger partial charge in [0.25, 0.3) is 5.91 Å². The van der Waals surface area contributed by atoms with Crippen LogP contribution in [0.1, 0.15) is 24.9 Å². The van der Waals surface area contributed by atoms with Crippen molar-refractivity contribution in [2.24, 2.45) is 0 Å². The first-order valence-electron chi connectivity index (χ1n) is 9.54. The molecule has 0 bridgehead atoms. The second-order valence-corrected chi connectivity index (χ2v) is 6.90. The number of hydrogen-bond donors (Lipinski definition) is 2. The molecule has 148 valence electrons. The van der Waals surface area contributed by atoms with Crippen LogP contribution < -0.4 is 15.4 Å². The van der Waals surface area contributed by atoms with Crippen molar-refractivity contribution in [2.45, 2.75) is 26.3 Å². The van der Waals surface area contributed by atoms with Crippen molar-refractivity contribution in [3.63, 3.8) is 0 Å². The predicted molar refractivity (Wildman–Crippen MR) is 111 cm³/mol. The maximum Gasteiger partial charge on any atom is 0.251 e. The third-order valence-corrected chi connectivity index (χ3v) is 4.84. The number of carbonyl (C=O) groups excluding carboxylic acids is 2. The highest BCUT2D eigenvalue weighted by Crippen LogP contribution is 2.36. The van der Waals surface area contributed by atoms with Gasteiger partial charge in [-0.3, -0.25) is 9.59 Å². The van der Waals surface area contributed by atoms with Gasteiger partial charge in [-0.05, 0) is 31.5 Å². The van der Waals surface area contributed by atoms with Crippen LogP contribution in [0, 0.1) is 6.92 Å². The molecule has 0 fully saturated rings. The number of anilines is 2. The van der Waals surface area contributed by atoms with Gasteiger partial charge in [-0.25, -0.2) is 4.68 Å². The summed E-state index contributed by atoms with van der Waals surface area (Å²) in [5.41, 5.74) is 3.54. The number of nitrogens with one attached hydrogen (secondary N) is 2. The molecular weight excluding hydrogens is 368 g/mol. The van der Waals surface area contributed by atoms with Gasteiger partial charge in [0, 0.05) is 5.56 Å². The van der Waals surface area contributed by atoms with E-state index < -0.39 is 6.04 Å². The van der Waals surface area contributed by atoms with Crippen LogP contribution in [0.2, 0.25) is 0 Å². The van der Waals surface area contributed by atoms with Crippen molar-refractivity contribution < 1.29 is 14.3 Å². The number of carbonyl (C=O) groups is 2. The summed E-state index contributed by atoms with van der Waals surface area (Å²) < 4.78 is 7.12. The Kier molecular flexibility index (Phi) is 5.03. The molecule has 3 aromatic rings. The molecule has 2 N–H and O–H groups in total. The number of para-hydroxylation sites is 2. The van der Waals surface area contributed by atoms with Gasteiger partial charge < -0.3 is 15.4 Å². The lowest BCUT2D eigenvalue weighted by Crippen LogP contribution is -2.23. The van der Waals surface area contributed by atoms with Crippen molar-refractivity contribution in [3.05, 3.63) is 60.3 Å². The molecule has 4 rings (SSSR count). The van der Waals surface area contributed by atoms with E-state index in [1.807, 2.05) is 50.2 Å². The topological polar surface area (TPSA) is 85.2 Å². The average molecular weight is 390 g/mol. The Balaban J connectivity index is 1.52. The van der Waals surface area contributed by atoms with Gasteiger partial charge >= 0.3 is 0 Å². The first-order chi connectivity index (χ1) is 14.1. The lowest BCUT2D eigenvalue weighted by atomic mass is 10.1. The lowest BCUT2D eigenvalue weighted by Gasteiger charge is -2.13. The molecule has 0 saturated carbocycles. The Hall–Kier alpha value is -3.61. The summed E-state index contributed by atoms with van der Waals surface area (Å²) in [6, 6.07) is 14.5. The van der Waals surface area contributed by atoms with E-state index in [0.29, 0.717) is 23.9 Å². The summed E-state index contributed by atoms with van der Waals surface area (Å²) in [6.45, 7) is 4.40. The minimum absolute atomic E-state index is 0.0195. The van der Waals surface area contributed by atoms with Gasteiger partial charge in [0.1, 0.15) is 17.6 Å². The van der Waals surface area contributed by atoms with Crippen LogP contribution >= 0.6 is 0 Å². The number of rotatable bonds is 6. The number of nitrogens with zero attached hydrogens (tertiary/aromatic N) is 2. The van der Waals surface area contributed by atoms with Gasteiger partial charge in [-0.15, -0.1) is 0 Å². The minimum atomic E-state index is -0.691. The van der Waals surface area contributed by atoms with Crippen molar-refractivity contribution in [3.8, 4) is 16.9 Å². The molecule has 29 heavy (non-hydrogen) atoms. The number of aromatic nitrogens is 2. The largest absolute Gasteiger partial charge is 0.492 e. The van der Waals surface area contributed by atoms with Gasteiger partial charge in [0.2, 0.25) is 5.91 Å². The number of aryl methyl sites for hydroxylation is 1. The lowest BCUT2D eigenvalue weighted by molar-refractivity contribution is -0.123. The third kappa shape index (κ3) is 3.71. The smallest absolute Gasteiger partial charge is 0.251 e. The summed E-state index contributed by atoms with van der Waals surface area (Å²) in [5, 5.41) is 10.1. The molecule has 0 saturated heterocycles. The van der Waals surface area contributed by atoms with E-state index in [0.717, 1.165) is 16.7 Å². The molecular formula is C22H22N4O3. The zero-order valence-corrected chi connectivity index (χ0v) is 16.3. The highest BCUT2D eigenvalue weighted by atomic mass is 16.5. The number of benzene rings is 2. The van der Waals surface area contributed by atoms with E-state index in [1.165, 1.54) is 0 Å². The van der Waals surface area contributed by atoms with Crippen LogP contribution in [0.3, 0.4) is 0 Å². The maximum atomic E-state index is 12.6. The predicted octanol–water partition coefficient (Wildman–Crippen LogP) is 3.78. The van der Waals surface area contributed by atoms with Gasteiger partial charge in [0.05, 0.1) is 24.9 Å². The van der Waals surface area contributed by atoms with E-state index in [-0.39, 0.29) is 18.2 Å². The van der Waals surface area contributed by atoms with Crippen molar-refractivity contribution in [1.29, 1.82) is 0 Å². The summed E-state index contributed by atoms with van der Waals surface area (Å²) in [4.78, 5) is 25.1. The first-order valence-corrected chi connectivity index (χ1v) is 9.54. The molecule has 1 atom stereocenters. The second-order valence-electron chi connectivity index (χ2n) is 6.90. The zero-order chi connectivity index (χ0) is 20.4. The molecule has 1 aliphatic heterocycles. The molecule has 7 nitrogen and oxygen atoms in total. The fourth-order valence-electron chi connectivity index (χ4n) is 3.39. The summed E-state index contributed by atoms with van der Waals surface area (Å²) >= 11 is 0. The standard InChI is InChI=1S/C22H22N4O3/c1-3-29-19-7-5-4-6-17(19)24-20(27)12-18-22(28)25-21-16(13-23-26(18)21)15-10-8-14(2)9-11-15/h4-11,13,18H,3,12H2,1-2H3,(H,24,27)(H,25,28). The quantitative estimate of drug-likeness (QED) is 0.671. The SMILES string of the molecule is CCOc1ccccc1NC(=O)CC1C(=O)Nc2c(-c3ccc(C)cc3)cnn21. The number of ether oxygens (including phenoxy) is 1. The molecule has 2 amide bonds. The molecule has 7 heteroatoms. The fraction of sp³-hybridized carbons (Fsp3) is 0.227. The maximum absolute atomic E-state index is 12.6. The minimum Gasteiger partial charge on any atom is -0.492 e. The molecule has 2 heterocycles. The highest BCUT2D eigenvalue weighted by Gasteiger charge is 2.35. The summed E-state index contributed by atoms with van der Waals surface area (Å²) in [6.07, 6.45) is 1.70. The Morgan fingerprint density at radius 2 is 1.97 bits per heavy atom. The van der Waals surface area contributed by atoms with E-state index >= 15 is 0 Å². The van der Waals surface area contributed by atoms with Crippen LogP contribution in [0.25, 0.3) is 11.1 Å². The summed E-state index contributed by atoms with van der Waals surface area (Å²) in [5.74, 6) is 0.694. The van der Waals surface area contributed by atoms with Gasteiger partial charge in [-0.1, -0.05) is 42.0 Å². The Labute approximate surface area is 168 Å². The zero-order valence-electron chi connectivity index (χ0n) is 16.3. The van der Waals surface area contributed by atoms with Crippen LogP contribution in [-0.4, -0.2) is 28.2 Å². The Morgan fingerprint density at radius 3 is 2.72 bits per heavy atom. The van der Waals surface area contributed by atoms with Gasteiger partial charge in [0.15, 0.2) is 0 Å². The molecule has 1 aliphatic rings. The van der Waals surface area contributed by atoms with Crippen LogP contribution in [0.15, 0.2) is 54.7 Å². The third-order valence-electron chi connectivity index (χ3n) is 4.84. The molecule has 1 aromatic heterocycles. The van der Waals surface area contributed by atoms with E-state index in [2.05, 4.69) is 15.7 Å². The first kappa shape index (κ1) is 18.7. The molecule has 2 aromatic carbocycles. The highest BCUT2D eigenvalue weighted by molar-refractivity contribution is 6.04. The number of hydrogen-bond acceptors (Lipinski definition) is 4. The van der Waals surface area contributed by atoms with Crippen molar-refractivity contribution in [2.75, 3.05) is 17.2 Å². The van der Waals surface area contributed by atoms with Gasteiger partial charge in [-0.2, -0.15) is 5.10 Å². The molecule has 1 unspecified atom stereocenters. The Morgan fingerprint density at radius 1 is 1.21 bits per heavy atom. The monoisotopic (exact) mass is 390 g/mol.